The topological polar surface area (TPSA) is 17.8 Å². The maximum absolute atomic E-state index is 6.21. The second kappa shape index (κ2) is 4.89. The summed E-state index contributed by atoms with van der Waals surface area (Å²) in [5.41, 5.74) is 3.47. The highest BCUT2D eigenvalue weighted by molar-refractivity contribution is 6.33. The minimum absolute atomic E-state index is 0.442. The summed E-state index contributed by atoms with van der Waals surface area (Å²) in [4.78, 5) is 0. The zero-order valence-electron chi connectivity index (χ0n) is 9.47. The van der Waals surface area contributed by atoms with Gasteiger partial charge in [0.2, 0.25) is 0 Å². The monoisotopic (exact) mass is 288 g/mol. The molecule has 0 N–H and O–H groups in total. The Morgan fingerprint density at radius 2 is 1.94 bits per heavy atom. The summed E-state index contributed by atoms with van der Waals surface area (Å²) in [6, 6.07) is 5.67. The lowest BCUT2D eigenvalue weighted by Crippen LogP contribution is -2.00. The molecule has 1 aromatic heterocycles. The molecule has 0 unspecified atom stereocenters. The molecule has 90 valence electrons. The first kappa shape index (κ1) is 12.7. The number of aromatic nitrogens is 2. The van der Waals surface area contributed by atoms with E-state index in [-0.39, 0.29) is 0 Å². The van der Waals surface area contributed by atoms with Crippen LogP contribution in [0.5, 0.6) is 0 Å². The summed E-state index contributed by atoms with van der Waals surface area (Å²) in [5.74, 6) is 0.442. The maximum atomic E-state index is 6.21. The average Bonchev–Trinajstić information content (AvgIpc) is 2.57. The molecular formula is C12H11Cl3N2. The minimum Gasteiger partial charge on any atom is -0.235 e. The van der Waals surface area contributed by atoms with Crippen molar-refractivity contribution in [3.63, 3.8) is 0 Å². The van der Waals surface area contributed by atoms with Gasteiger partial charge in [0.1, 0.15) is 0 Å². The Hall–Kier alpha value is -0.700. The third kappa shape index (κ3) is 2.30. The normalized spacial score (nSPS) is 10.9. The molecule has 17 heavy (non-hydrogen) atoms. The van der Waals surface area contributed by atoms with Crippen molar-refractivity contribution in [2.75, 3.05) is 0 Å². The van der Waals surface area contributed by atoms with Crippen molar-refractivity contribution in [2.45, 2.75) is 19.7 Å². The number of halogens is 3. The first-order chi connectivity index (χ1) is 8.04. The first-order valence-corrected chi connectivity index (χ1v) is 6.40. The van der Waals surface area contributed by atoms with Gasteiger partial charge in [-0.1, -0.05) is 29.3 Å². The largest absolute Gasteiger partial charge is 0.235 e. The van der Waals surface area contributed by atoms with E-state index in [0.29, 0.717) is 15.9 Å². The Kier molecular flexibility index (Phi) is 3.67. The van der Waals surface area contributed by atoms with Crippen LogP contribution < -0.4 is 0 Å². The van der Waals surface area contributed by atoms with Crippen LogP contribution >= 0.6 is 34.8 Å². The van der Waals surface area contributed by atoms with E-state index < -0.39 is 0 Å². The molecule has 2 nitrogen and oxygen atoms in total. The molecule has 0 saturated heterocycles. The van der Waals surface area contributed by atoms with Gasteiger partial charge in [-0.2, -0.15) is 5.10 Å². The van der Waals surface area contributed by atoms with Crippen LogP contribution in [0.3, 0.4) is 0 Å². The summed E-state index contributed by atoms with van der Waals surface area (Å²) >= 11 is 18.1. The third-order valence-corrected chi connectivity index (χ3v) is 3.76. The van der Waals surface area contributed by atoms with Gasteiger partial charge in [0.05, 0.1) is 27.1 Å². The number of benzene rings is 1. The van der Waals surface area contributed by atoms with Gasteiger partial charge in [-0.3, -0.25) is 0 Å². The third-order valence-electron chi connectivity index (χ3n) is 2.60. The number of rotatable bonds is 2. The lowest BCUT2D eigenvalue weighted by atomic mass is 10.2. The van der Waals surface area contributed by atoms with Gasteiger partial charge in [0.15, 0.2) is 0 Å². The molecular weight excluding hydrogens is 279 g/mol. The molecule has 2 rings (SSSR count). The Morgan fingerprint density at radius 3 is 2.41 bits per heavy atom. The fraction of sp³-hybridized carbons (Fsp3) is 0.250. The van der Waals surface area contributed by atoms with Crippen molar-refractivity contribution in [1.82, 2.24) is 9.78 Å². The molecule has 0 radical (unpaired) electrons. The second-order valence-electron chi connectivity index (χ2n) is 3.82. The molecule has 0 fully saturated rings. The Balaban J connectivity index is 2.57. The molecule has 2 aromatic rings. The molecule has 0 saturated carbocycles. The molecule has 0 aliphatic heterocycles. The van der Waals surface area contributed by atoms with E-state index in [0.717, 1.165) is 22.6 Å². The van der Waals surface area contributed by atoms with Crippen LogP contribution in [0.4, 0.5) is 0 Å². The highest BCUT2D eigenvalue weighted by atomic mass is 35.5. The van der Waals surface area contributed by atoms with Crippen LogP contribution in [0.15, 0.2) is 18.2 Å². The number of aryl methyl sites for hydroxylation is 1. The maximum Gasteiger partial charge on any atom is 0.0848 e. The number of hydrogen-bond donors (Lipinski definition) is 0. The lowest BCUT2D eigenvalue weighted by Gasteiger charge is -2.08. The molecule has 0 bridgehead atoms. The molecule has 0 atom stereocenters. The Morgan fingerprint density at radius 1 is 1.24 bits per heavy atom. The van der Waals surface area contributed by atoms with Gasteiger partial charge < -0.3 is 0 Å². The summed E-state index contributed by atoms with van der Waals surface area (Å²) in [6.07, 6.45) is 0. The average molecular weight is 290 g/mol. The Bertz CT molecular complexity index is 561. The summed E-state index contributed by atoms with van der Waals surface area (Å²) in [7, 11) is 0. The van der Waals surface area contributed by atoms with Crippen LogP contribution in [0.1, 0.15) is 17.0 Å². The zero-order valence-corrected chi connectivity index (χ0v) is 11.7. The fourth-order valence-electron chi connectivity index (χ4n) is 1.66. The highest BCUT2D eigenvalue weighted by Crippen LogP contribution is 2.27. The van der Waals surface area contributed by atoms with Crippen molar-refractivity contribution in [1.29, 1.82) is 0 Å². The molecule has 1 aromatic carbocycles. The van der Waals surface area contributed by atoms with Gasteiger partial charge in [0.25, 0.3) is 0 Å². The van der Waals surface area contributed by atoms with Gasteiger partial charge in [-0.15, -0.1) is 11.6 Å². The van der Waals surface area contributed by atoms with Crippen LogP contribution in [0, 0.1) is 13.8 Å². The Labute approximate surface area is 115 Å². The lowest BCUT2D eigenvalue weighted by molar-refractivity contribution is 0.833. The van der Waals surface area contributed by atoms with E-state index in [2.05, 4.69) is 5.10 Å². The highest BCUT2D eigenvalue weighted by Gasteiger charge is 2.13. The standard InChI is InChI=1S/C12H11Cl3N2/c1-7-12(15)8(2)17(16-7)11-4-3-9(6-13)5-10(11)14/h3-5H,6H2,1-2H3. The summed E-state index contributed by atoms with van der Waals surface area (Å²) in [6.45, 7) is 3.78. The van der Waals surface area contributed by atoms with Crippen molar-refractivity contribution < 1.29 is 0 Å². The predicted octanol–water partition coefficient (Wildman–Crippen LogP) is 4.53. The van der Waals surface area contributed by atoms with Gasteiger partial charge in [-0.25, -0.2) is 4.68 Å². The van der Waals surface area contributed by atoms with E-state index in [9.17, 15) is 0 Å². The molecule has 0 aliphatic carbocycles. The van der Waals surface area contributed by atoms with E-state index in [1.165, 1.54) is 0 Å². The second-order valence-corrected chi connectivity index (χ2v) is 4.87. The number of hydrogen-bond acceptors (Lipinski definition) is 1. The zero-order chi connectivity index (χ0) is 12.6. The summed E-state index contributed by atoms with van der Waals surface area (Å²) in [5, 5.41) is 5.65. The minimum atomic E-state index is 0.442. The van der Waals surface area contributed by atoms with Crippen molar-refractivity contribution >= 4 is 34.8 Å². The smallest absolute Gasteiger partial charge is 0.0848 e. The SMILES string of the molecule is Cc1nn(-c2ccc(CCl)cc2Cl)c(C)c1Cl. The van der Waals surface area contributed by atoms with Crippen LogP contribution in [0.2, 0.25) is 10.0 Å². The molecule has 0 aliphatic rings. The van der Waals surface area contributed by atoms with Crippen molar-refractivity contribution in [2.24, 2.45) is 0 Å². The van der Waals surface area contributed by atoms with Gasteiger partial charge >= 0.3 is 0 Å². The fourth-order valence-corrected chi connectivity index (χ4v) is 2.23. The molecule has 0 spiro atoms. The van der Waals surface area contributed by atoms with Crippen molar-refractivity contribution in [3.8, 4) is 5.69 Å². The number of alkyl halides is 1. The van der Waals surface area contributed by atoms with Crippen LogP contribution in [-0.4, -0.2) is 9.78 Å². The van der Waals surface area contributed by atoms with E-state index in [1.807, 2.05) is 32.0 Å². The van der Waals surface area contributed by atoms with Gasteiger partial charge in [-0.05, 0) is 31.5 Å². The predicted molar refractivity (Wildman–Crippen MR) is 72.6 cm³/mol. The van der Waals surface area contributed by atoms with E-state index >= 15 is 0 Å². The van der Waals surface area contributed by atoms with Gasteiger partial charge in [0, 0.05) is 5.88 Å². The van der Waals surface area contributed by atoms with Crippen LogP contribution in [-0.2, 0) is 5.88 Å². The van der Waals surface area contributed by atoms with Crippen molar-refractivity contribution in [3.05, 3.63) is 45.2 Å². The molecule has 0 amide bonds. The first-order valence-electron chi connectivity index (χ1n) is 5.11. The molecule has 5 heteroatoms. The molecule has 1 heterocycles. The number of nitrogens with zero attached hydrogens (tertiary/aromatic N) is 2. The van der Waals surface area contributed by atoms with E-state index in [4.69, 9.17) is 34.8 Å². The quantitative estimate of drug-likeness (QED) is 0.742. The summed E-state index contributed by atoms with van der Waals surface area (Å²) < 4.78 is 1.75. The van der Waals surface area contributed by atoms with E-state index in [1.54, 1.807) is 4.68 Å². The van der Waals surface area contributed by atoms with Crippen LogP contribution in [0.25, 0.3) is 5.69 Å².